The third kappa shape index (κ3) is 2.72. The number of halogens is 1. The maximum Gasteiger partial charge on any atom is 0.283 e. The molecule has 0 heterocycles. The van der Waals surface area contributed by atoms with E-state index in [1.165, 1.54) is 19.3 Å². The zero-order valence-electron chi connectivity index (χ0n) is 10.4. The van der Waals surface area contributed by atoms with Gasteiger partial charge in [0.1, 0.15) is 0 Å². The average molecular weight is 313 g/mol. The van der Waals surface area contributed by atoms with Crippen molar-refractivity contribution in [1.82, 2.24) is 5.32 Å². The summed E-state index contributed by atoms with van der Waals surface area (Å²) < 4.78 is 0.532. The van der Waals surface area contributed by atoms with Crippen molar-refractivity contribution in [3.8, 4) is 0 Å². The second-order valence-electron chi connectivity index (χ2n) is 4.88. The first-order chi connectivity index (χ1) is 8.56. The highest BCUT2D eigenvalue weighted by Crippen LogP contribution is 2.35. The number of rotatable bonds is 5. The van der Waals surface area contributed by atoms with Crippen molar-refractivity contribution in [3.63, 3.8) is 0 Å². The summed E-state index contributed by atoms with van der Waals surface area (Å²) in [5, 5.41) is 14.4. The van der Waals surface area contributed by atoms with Crippen LogP contribution in [0.15, 0.2) is 22.7 Å². The van der Waals surface area contributed by atoms with E-state index in [4.69, 9.17) is 0 Å². The molecule has 0 radical (unpaired) electrons. The zero-order valence-corrected chi connectivity index (χ0v) is 12.0. The van der Waals surface area contributed by atoms with Crippen molar-refractivity contribution in [2.75, 3.05) is 0 Å². The number of nitrogens with one attached hydrogen (secondary N) is 1. The maximum atomic E-state index is 10.9. The van der Waals surface area contributed by atoms with E-state index < -0.39 is 0 Å². The molecule has 0 amide bonds. The van der Waals surface area contributed by atoms with Crippen LogP contribution in [-0.4, -0.2) is 10.5 Å². The first-order valence-electron chi connectivity index (χ1n) is 6.24. The Hall–Kier alpha value is -0.940. The van der Waals surface area contributed by atoms with Crippen LogP contribution in [0.3, 0.4) is 0 Å². The molecule has 1 N–H and O–H groups in total. The summed E-state index contributed by atoms with van der Waals surface area (Å²) in [4.78, 5) is 10.5. The molecule has 1 aromatic carbocycles. The van der Waals surface area contributed by atoms with Gasteiger partial charge in [0.15, 0.2) is 0 Å². The maximum absolute atomic E-state index is 10.9. The van der Waals surface area contributed by atoms with Crippen LogP contribution < -0.4 is 5.32 Å². The van der Waals surface area contributed by atoms with Crippen molar-refractivity contribution in [3.05, 3.63) is 38.3 Å². The number of hydrogen-bond acceptors (Lipinski definition) is 3. The molecule has 5 heteroatoms. The van der Waals surface area contributed by atoms with Gasteiger partial charge in [-0.1, -0.05) is 13.0 Å². The molecule has 0 atom stereocenters. The second kappa shape index (κ2) is 5.36. The van der Waals surface area contributed by atoms with Crippen LogP contribution in [0.4, 0.5) is 5.69 Å². The predicted molar refractivity (Wildman–Crippen MR) is 74.5 cm³/mol. The molecule has 1 aliphatic carbocycles. The molecule has 1 aromatic rings. The zero-order chi connectivity index (χ0) is 13.2. The highest BCUT2D eigenvalue weighted by Gasteiger charge is 2.34. The summed E-state index contributed by atoms with van der Waals surface area (Å²) >= 11 is 3.20. The summed E-state index contributed by atoms with van der Waals surface area (Å²) in [6, 6.07) is 5.31. The molecule has 0 aliphatic heterocycles. The molecule has 0 bridgehead atoms. The lowest BCUT2D eigenvalue weighted by atomic mass is 9.75. The molecule has 18 heavy (non-hydrogen) atoms. The average Bonchev–Trinajstić information content (AvgIpc) is 2.30. The van der Waals surface area contributed by atoms with Gasteiger partial charge in [-0.3, -0.25) is 10.1 Å². The van der Waals surface area contributed by atoms with Gasteiger partial charge in [0.25, 0.3) is 5.69 Å². The molecule has 2 rings (SSSR count). The van der Waals surface area contributed by atoms with Crippen molar-refractivity contribution >= 4 is 21.6 Å². The minimum Gasteiger partial charge on any atom is -0.307 e. The van der Waals surface area contributed by atoms with Crippen molar-refractivity contribution in [2.45, 2.75) is 44.7 Å². The molecule has 4 nitrogen and oxygen atoms in total. The Morgan fingerprint density at radius 3 is 2.72 bits per heavy atom. The fourth-order valence-corrected chi connectivity index (χ4v) is 2.75. The lowest BCUT2D eigenvalue weighted by molar-refractivity contribution is -0.385. The Morgan fingerprint density at radius 1 is 1.50 bits per heavy atom. The Labute approximate surface area is 115 Å². The van der Waals surface area contributed by atoms with Crippen molar-refractivity contribution < 1.29 is 4.92 Å². The van der Waals surface area contributed by atoms with Gasteiger partial charge in [0.05, 0.1) is 9.40 Å². The summed E-state index contributed by atoms with van der Waals surface area (Å²) in [7, 11) is 0. The number of benzene rings is 1. The van der Waals surface area contributed by atoms with Crippen LogP contribution >= 0.6 is 15.9 Å². The number of nitro groups is 1. The quantitative estimate of drug-likeness (QED) is 0.665. The third-order valence-corrected chi connectivity index (χ3v) is 4.53. The van der Waals surface area contributed by atoms with Crippen LogP contribution in [0.5, 0.6) is 0 Å². The standard InChI is InChI=1S/C13H17BrN2O2/c1-2-13(6-3-7-13)15-9-10-4-5-11(14)12(8-10)16(17)18/h4-5,8,15H,2-3,6-7,9H2,1H3. The highest BCUT2D eigenvalue weighted by atomic mass is 79.9. The van der Waals surface area contributed by atoms with E-state index in [1.807, 2.05) is 6.07 Å². The Bertz CT molecular complexity index is 453. The molecule has 1 saturated carbocycles. The van der Waals surface area contributed by atoms with Gasteiger partial charge in [-0.25, -0.2) is 0 Å². The summed E-state index contributed by atoms with van der Waals surface area (Å²) in [6.07, 6.45) is 4.82. The van der Waals surface area contributed by atoms with Gasteiger partial charge < -0.3 is 5.32 Å². The number of hydrogen-bond donors (Lipinski definition) is 1. The largest absolute Gasteiger partial charge is 0.307 e. The summed E-state index contributed by atoms with van der Waals surface area (Å²) in [6.45, 7) is 2.89. The highest BCUT2D eigenvalue weighted by molar-refractivity contribution is 9.10. The summed E-state index contributed by atoms with van der Waals surface area (Å²) in [5.41, 5.74) is 1.36. The smallest absolute Gasteiger partial charge is 0.283 e. The number of nitro benzene ring substituents is 1. The SMILES string of the molecule is CCC1(NCc2ccc(Br)c([N+](=O)[O-])c2)CCC1. The first-order valence-corrected chi connectivity index (χ1v) is 7.03. The van der Waals surface area contributed by atoms with Gasteiger partial charge in [-0.15, -0.1) is 0 Å². The van der Waals surface area contributed by atoms with Crippen LogP contribution in [-0.2, 0) is 6.54 Å². The van der Waals surface area contributed by atoms with Gasteiger partial charge in [0, 0.05) is 18.2 Å². The van der Waals surface area contributed by atoms with Crippen molar-refractivity contribution in [1.29, 1.82) is 0 Å². The van der Waals surface area contributed by atoms with E-state index in [0.717, 1.165) is 12.0 Å². The van der Waals surface area contributed by atoms with Gasteiger partial charge in [0.2, 0.25) is 0 Å². The fraction of sp³-hybridized carbons (Fsp3) is 0.538. The fourth-order valence-electron chi connectivity index (χ4n) is 2.36. The second-order valence-corrected chi connectivity index (χ2v) is 5.74. The first kappa shape index (κ1) is 13.5. The Kier molecular flexibility index (Phi) is 4.02. The van der Waals surface area contributed by atoms with E-state index in [2.05, 4.69) is 28.2 Å². The van der Waals surface area contributed by atoms with Crippen LogP contribution in [0, 0.1) is 10.1 Å². The van der Waals surface area contributed by atoms with Gasteiger partial charge in [-0.05, 0) is 53.2 Å². The molecule has 1 fully saturated rings. The molecule has 0 spiro atoms. The Morgan fingerprint density at radius 2 is 2.22 bits per heavy atom. The Balaban J connectivity index is 2.06. The molecular formula is C13H17BrN2O2. The van der Waals surface area contributed by atoms with E-state index in [-0.39, 0.29) is 16.1 Å². The third-order valence-electron chi connectivity index (χ3n) is 3.86. The van der Waals surface area contributed by atoms with E-state index >= 15 is 0 Å². The van der Waals surface area contributed by atoms with Gasteiger partial charge >= 0.3 is 0 Å². The van der Waals surface area contributed by atoms with Gasteiger partial charge in [-0.2, -0.15) is 0 Å². The van der Waals surface area contributed by atoms with Crippen molar-refractivity contribution in [2.24, 2.45) is 0 Å². The molecule has 0 saturated heterocycles. The lowest BCUT2D eigenvalue weighted by Gasteiger charge is -2.42. The normalized spacial score (nSPS) is 17.2. The minimum absolute atomic E-state index is 0.133. The van der Waals surface area contributed by atoms with Crippen LogP contribution in [0.25, 0.3) is 0 Å². The summed E-state index contributed by atoms with van der Waals surface area (Å²) in [5.74, 6) is 0. The topological polar surface area (TPSA) is 55.2 Å². The van der Waals surface area contributed by atoms with Crippen LogP contribution in [0.2, 0.25) is 0 Å². The molecule has 0 unspecified atom stereocenters. The molecular weight excluding hydrogens is 296 g/mol. The van der Waals surface area contributed by atoms with E-state index in [1.54, 1.807) is 12.1 Å². The molecule has 1 aliphatic rings. The monoisotopic (exact) mass is 312 g/mol. The molecule has 98 valence electrons. The van der Waals surface area contributed by atoms with E-state index in [0.29, 0.717) is 11.0 Å². The van der Waals surface area contributed by atoms with Crippen LogP contribution in [0.1, 0.15) is 38.2 Å². The predicted octanol–water partition coefficient (Wildman–Crippen LogP) is 3.78. The minimum atomic E-state index is -0.355. The van der Waals surface area contributed by atoms with E-state index in [9.17, 15) is 10.1 Å². The molecule has 0 aromatic heterocycles. The lowest BCUT2D eigenvalue weighted by Crippen LogP contribution is -2.49. The number of nitrogens with zero attached hydrogens (tertiary/aromatic N) is 1.